The molecule has 0 spiro atoms. The Hall–Kier alpha value is -1.84. The molecule has 27 heavy (non-hydrogen) atoms. The van der Waals surface area contributed by atoms with E-state index >= 15 is 0 Å². The molecule has 1 saturated heterocycles. The first-order chi connectivity index (χ1) is 13.3. The monoisotopic (exact) mass is 367 g/mol. The molecule has 1 aliphatic rings. The lowest BCUT2D eigenvalue weighted by atomic mass is 10.1. The Labute approximate surface area is 164 Å². The lowest BCUT2D eigenvalue weighted by molar-refractivity contribution is -0.0329. The van der Waals surface area contributed by atoms with E-state index in [0.29, 0.717) is 12.7 Å². The number of hydrogen-bond donors (Lipinski definition) is 0. The van der Waals surface area contributed by atoms with Crippen molar-refractivity contribution >= 4 is 0 Å². The molecule has 1 heterocycles. The average molecular weight is 368 g/mol. The lowest BCUT2D eigenvalue weighted by Crippen LogP contribution is -2.42. The normalized spacial score (nSPS) is 17.7. The zero-order chi connectivity index (χ0) is 18.7. The molecule has 3 rings (SSSR count). The Bertz CT molecular complexity index is 641. The molecule has 0 N–H and O–H groups in total. The smallest absolute Gasteiger partial charge is 0.119 e. The van der Waals surface area contributed by atoms with Crippen molar-refractivity contribution in [2.24, 2.45) is 0 Å². The summed E-state index contributed by atoms with van der Waals surface area (Å²) in [6.45, 7) is 7.13. The van der Waals surface area contributed by atoms with E-state index in [9.17, 15) is 0 Å². The predicted molar refractivity (Wildman–Crippen MR) is 111 cm³/mol. The summed E-state index contributed by atoms with van der Waals surface area (Å²) in [6, 6.07) is 18.9. The van der Waals surface area contributed by atoms with Gasteiger partial charge in [-0.3, -0.25) is 4.90 Å². The minimum absolute atomic E-state index is 0.447. The van der Waals surface area contributed by atoms with Crippen LogP contribution in [-0.4, -0.2) is 37.2 Å². The van der Waals surface area contributed by atoms with Crippen molar-refractivity contribution in [3.05, 3.63) is 65.7 Å². The summed E-state index contributed by atoms with van der Waals surface area (Å²) >= 11 is 0. The fourth-order valence-corrected chi connectivity index (χ4v) is 3.58. The van der Waals surface area contributed by atoms with Gasteiger partial charge in [-0.1, -0.05) is 62.2 Å². The number of rotatable bonds is 10. The molecule has 3 nitrogen and oxygen atoms in total. The standard InChI is InChI=1S/C24H33NO2/c1-2-3-9-24-19-25(17-18-26-24)16-7-8-21-12-14-22(15-13-21)20-27-23-10-5-4-6-11-23/h4-6,10-15,24H,2-3,7-9,16-20H2,1H3. The van der Waals surface area contributed by atoms with Gasteiger partial charge in [0, 0.05) is 13.1 Å². The van der Waals surface area contributed by atoms with E-state index in [-0.39, 0.29) is 0 Å². The van der Waals surface area contributed by atoms with E-state index in [4.69, 9.17) is 9.47 Å². The van der Waals surface area contributed by atoms with Gasteiger partial charge in [0.05, 0.1) is 12.7 Å². The summed E-state index contributed by atoms with van der Waals surface area (Å²) in [7, 11) is 0. The van der Waals surface area contributed by atoms with Crippen LogP contribution < -0.4 is 4.74 Å². The molecule has 1 atom stereocenters. The summed E-state index contributed by atoms with van der Waals surface area (Å²) in [6.07, 6.45) is 6.53. The van der Waals surface area contributed by atoms with Crippen molar-refractivity contribution < 1.29 is 9.47 Å². The molecule has 0 aliphatic carbocycles. The molecule has 2 aromatic carbocycles. The number of para-hydroxylation sites is 1. The van der Waals surface area contributed by atoms with Crippen LogP contribution in [0.2, 0.25) is 0 Å². The molecular weight excluding hydrogens is 334 g/mol. The molecule has 0 amide bonds. The molecule has 1 unspecified atom stereocenters. The van der Waals surface area contributed by atoms with Gasteiger partial charge in [0.2, 0.25) is 0 Å². The first-order valence-electron chi connectivity index (χ1n) is 10.4. The number of benzene rings is 2. The van der Waals surface area contributed by atoms with Crippen LogP contribution in [0.5, 0.6) is 5.75 Å². The van der Waals surface area contributed by atoms with Crippen LogP contribution in [0.3, 0.4) is 0 Å². The molecule has 1 fully saturated rings. The van der Waals surface area contributed by atoms with E-state index in [0.717, 1.165) is 31.9 Å². The van der Waals surface area contributed by atoms with Crippen LogP contribution in [-0.2, 0) is 17.8 Å². The molecule has 0 radical (unpaired) electrons. The molecule has 3 heteroatoms. The van der Waals surface area contributed by atoms with Gasteiger partial charge < -0.3 is 9.47 Å². The van der Waals surface area contributed by atoms with E-state index in [1.165, 1.54) is 43.4 Å². The van der Waals surface area contributed by atoms with Crippen LogP contribution >= 0.6 is 0 Å². The van der Waals surface area contributed by atoms with Crippen molar-refractivity contribution in [3.8, 4) is 5.75 Å². The van der Waals surface area contributed by atoms with Gasteiger partial charge in [-0.05, 0) is 49.1 Å². The maximum atomic E-state index is 5.89. The summed E-state index contributed by atoms with van der Waals surface area (Å²) in [5, 5.41) is 0. The highest BCUT2D eigenvalue weighted by atomic mass is 16.5. The second-order valence-corrected chi connectivity index (χ2v) is 7.46. The Kier molecular flexibility index (Phi) is 8.19. The highest BCUT2D eigenvalue weighted by Crippen LogP contribution is 2.15. The Morgan fingerprint density at radius 3 is 2.56 bits per heavy atom. The van der Waals surface area contributed by atoms with E-state index < -0.39 is 0 Å². The van der Waals surface area contributed by atoms with Crippen LogP contribution in [0.1, 0.15) is 43.7 Å². The van der Waals surface area contributed by atoms with Gasteiger partial charge in [-0.25, -0.2) is 0 Å². The molecule has 1 aliphatic heterocycles. The highest BCUT2D eigenvalue weighted by molar-refractivity contribution is 5.24. The number of ether oxygens (including phenoxy) is 2. The van der Waals surface area contributed by atoms with Crippen molar-refractivity contribution in [1.82, 2.24) is 4.90 Å². The lowest BCUT2D eigenvalue weighted by Gasteiger charge is -2.33. The average Bonchev–Trinajstić information content (AvgIpc) is 2.73. The van der Waals surface area contributed by atoms with E-state index in [1.54, 1.807) is 0 Å². The number of nitrogens with zero attached hydrogens (tertiary/aromatic N) is 1. The summed E-state index contributed by atoms with van der Waals surface area (Å²) in [5.74, 6) is 0.921. The highest BCUT2D eigenvalue weighted by Gasteiger charge is 2.19. The quantitative estimate of drug-likeness (QED) is 0.584. The van der Waals surface area contributed by atoms with Crippen molar-refractivity contribution in [3.63, 3.8) is 0 Å². The third-order valence-corrected chi connectivity index (χ3v) is 5.21. The van der Waals surface area contributed by atoms with Gasteiger partial charge in [0.1, 0.15) is 12.4 Å². The van der Waals surface area contributed by atoms with Crippen molar-refractivity contribution in [2.75, 3.05) is 26.2 Å². The summed E-state index contributed by atoms with van der Waals surface area (Å²) in [4.78, 5) is 2.58. The van der Waals surface area contributed by atoms with Crippen LogP contribution in [0.15, 0.2) is 54.6 Å². The Morgan fingerprint density at radius 1 is 1.00 bits per heavy atom. The topological polar surface area (TPSA) is 21.7 Å². The van der Waals surface area contributed by atoms with Crippen LogP contribution in [0.25, 0.3) is 0 Å². The predicted octanol–water partition coefficient (Wildman–Crippen LogP) is 5.09. The molecular formula is C24H33NO2. The SMILES string of the molecule is CCCCC1CN(CCCc2ccc(COc3ccccc3)cc2)CCO1. The fourth-order valence-electron chi connectivity index (χ4n) is 3.58. The number of morpholine rings is 1. The van der Waals surface area contributed by atoms with E-state index in [1.807, 2.05) is 30.3 Å². The van der Waals surface area contributed by atoms with Gasteiger partial charge in [-0.15, -0.1) is 0 Å². The minimum atomic E-state index is 0.447. The second kappa shape index (κ2) is 11.1. The van der Waals surface area contributed by atoms with Crippen molar-refractivity contribution in [2.45, 2.75) is 51.7 Å². The number of aryl methyl sites for hydroxylation is 1. The molecule has 146 valence electrons. The number of unbranched alkanes of at least 4 members (excludes halogenated alkanes) is 1. The van der Waals surface area contributed by atoms with Crippen LogP contribution in [0.4, 0.5) is 0 Å². The van der Waals surface area contributed by atoms with Gasteiger partial charge in [0.15, 0.2) is 0 Å². The molecule has 0 saturated carbocycles. The van der Waals surface area contributed by atoms with Crippen LogP contribution in [0, 0.1) is 0 Å². The second-order valence-electron chi connectivity index (χ2n) is 7.46. The zero-order valence-electron chi connectivity index (χ0n) is 16.6. The van der Waals surface area contributed by atoms with Gasteiger partial charge in [0.25, 0.3) is 0 Å². The third-order valence-electron chi connectivity index (χ3n) is 5.21. The van der Waals surface area contributed by atoms with Crippen molar-refractivity contribution in [1.29, 1.82) is 0 Å². The third kappa shape index (κ3) is 7.00. The van der Waals surface area contributed by atoms with Gasteiger partial charge in [-0.2, -0.15) is 0 Å². The maximum absolute atomic E-state index is 5.89. The summed E-state index contributed by atoms with van der Waals surface area (Å²) < 4.78 is 11.7. The Balaban J connectivity index is 1.36. The largest absolute Gasteiger partial charge is 0.489 e. The minimum Gasteiger partial charge on any atom is -0.489 e. The first kappa shape index (κ1) is 19.9. The first-order valence-corrected chi connectivity index (χ1v) is 10.4. The van der Waals surface area contributed by atoms with E-state index in [2.05, 4.69) is 36.1 Å². The number of hydrogen-bond acceptors (Lipinski definition) is 3. The summed E-state index contributed by atoms with van der Waals surface area (Å²) in [5.41, 5.74) is 2.63. The molecule has 0 aromatic heterocycles. The maximum Gasteiger partial charge on any atom is 0.119 e. The van der Waals surface area contributed by atoms with Gasteiger partial charge >= 0.3 is 0 Å². The molecule has 0 bridgehead atoms. The zero-order valence-corrected chi connectivity index (χ0v) is 16.6. The molecule has 2 aromatic rings. The fraction of sp³-hybridized carbons (Fsp3) is 0.500. The Morgan fingerprint density at radius 2 is 1.78 bits per heavy atom.